The van der Waals surface area contributed by atoms with Gasteiger partial charge in [-0.05, 0) is 12.1 Å². The number of halogens is 1. The molecule has 0 fully saturated rings. The van der Waals surface area contributed by atoms with E-state index in [0.717, 1.165) is 0 Å². The third-order valence-corrected chi connectivity index (χ3v) is 3.39. The van der Waals surface area contributed by atoms with E-state index in [4.69, 9.17) is 21.8 Å². The van der Waals surface area contributed by atoms with Crippen molar-refractivity contribution in [2.45, 2.75) is 11.9 Å². The molecule has 0 spiro atoms. The van der Waals surface area contributed by atoms with Crippen LogP contribution >= 0.6 is 23.4 Å². The Bertz CT molecular complexity index is 402. The average Bonchev–Trinajstić information content (AvgIpc) is 2.30. The van der Waals surface area contributed by atoms with Gasteiger partial charge in [-0.1, -0.05) is 11.6 Å². The normalized spacial score (nSPS) is 12.4. The van der Waals surface area contributed by atoms with Crippen molar-refractivity contribution >= 4 is 29.1 Å². The average molecular weight is 278 g/mol. The monoisotopic (exact) mass is 277 g/mol. The summed E-state index contributed by atoms with van der Waals surface area (Å²) < 4.78 is 0. The van der Waals surface area contributed by atoms with Crippen molar-refractivity contribution in [1.82, 2.24) is 0 Å². The Labute approximate surface area is 108 Å². The Morgan fingerprint density at radius 2 is 2.24 bits per heavy atom. The minimum atomic E-state index is -0.800. The maximum absolute atomic E-state index is 10.8. The molecule has 0 amide bonds. The van der Waals surface area contributed by atoms with E-state index in [-0.39, 0.29) is 12.3 Å². The van der Waals surface area contributed by atoms with E-state index >= 15 is 0 Å². The van der Waals surface area contributed by atoms with E-state index in [2.05, 4.69) is 0 Å². The molecule has 0 aromatic heterocycles. The lowest BCUT2D eigenvalue weighted by atomic mass is 10.2. The standard InChI is InChI=1S/C10H12ClNO4S/c11-8-2-1-7(10(3-8)12(15)16)5-17-6-9(14)4-13/h1-3,9,13-14H,4-6H2. The number of hydrogen-bond donors (Lipinski definition) is 2. The second-order valence-corrected chi connectivity index (χ2v) is 4.85. The van der Waals surface area contributed by atoms with Crippen LogP contribution in [0.5, 0.6) is 0 Å². The van der Waals surface area contributed by atoms with Gasteiger partial charge in [-0.15, -0.1) is 0 Å². The molecule has 94 valence electrons. The topological polar surface area (TPSA) is 83.6 Å². The van der Waals surface area contributed by atoms with Gasteiger partial charge in [0, 0.05) is 28.2 Å². The van der Waals surface area contributed by atoms with Crippen LogP contribution in [0.25, 0.3) is 0 Å². The van der Waals surface area contributed by atoms with Gasteiger partial charge in [0.1, 0.15) is 0 Å². The number of nitro groups is 1. The zero-order valence-electron chi connectivity index (χ0n) is 8.88. The van der Waals surface area contributed by atoms with Gasteiger partial charge in [-0.3, -0.25) is 10.1 Å². The lowest BCUT2D eigenvalue weighted by molar-refractivity contribution is -0.385. The van der Waals surface area contributed by atoms with Crippen LogP contribution in [0.1, 0.15) is 5.56 Å². The molecule has 17 heavy (non-hydrogen) atoms. The van der Waals surface area contributed by atoms with Gasteiger partial charge in [0.15, 0.2) is 0 Å². The van der Waals surface area contributed by atoms with Gasteiger partial charge >= 0.3 is 0 Å². The van der Waals surface area contributed by atoms with Crippen LogP contribution in [0, 0.1) is 10.1 Å². The number of nitro benzene ring substituents is 1. The molecule has 1 aromatic carbocycles. The number of hydrogen-bond acceptors (Lipinski definition) is 5. The predicted octanol–water partition coefficient (Wildman–Crippen LogP) is 1.83. The van der Waals surface area contributed by atoms with Gasteiger partial charge in [-0.25, -0.2) is 0 Å². The van der Waals surface area contributed by atoms with E-state index in [9.17, 15) is 10.1 Å². The Morgan fingerprint density at radius 3 is 2.82 bits per heavy atom. The summed E-state index contributed by atoms with van der Waals surface area (Å²) in [6.07, 6.45) is -0.800. The van der Waals surface area contributed by atoms with Crippen molar-refractivity contribution in [3.05, 3.63) is 38.9 Å². The Morgan fingerprint density at radius 1 is 1.53 bits per heavy atom. The summed E-state index contributed by atoms with van der Waals surface area (Å²) in [4.78, 5) is 10.3. The van der Waals surface area contributed by atoms with Gasteiger partial charge in [0.2, 0.25) is 0 Å². The molecular formula is C10H12ClNO4S. The van der Waals surface area contributed by atoms with Crippen molar-refractivity contribution in [3.8, 4) is 0 Å². The highest BCUT2D eigenvalue weighted by Crippen LogP contribution is 2.26. The van der Waals surface area contributed by atoms with Crippen LogP contribution in [0.4, 0.5) is 5.69 Å². The van der Waals surface area contributed by atoms with Crippen LogP contribution in [0.15, 0.2) is 18.2 Å². The lowest BCUT2D eigenvalue weighted by Crippen LogP contribution is -2.14. The van der Waals surface area contributed by atoms with Crippen molar-refractivity contribution in [1.29, 1.82) is 0 Å². The summed E-state index contributed by atoms with van der Waals surface area (Å²) in [5.74, 6) is 0.723. The summed E-state index contributed by atoms with van der Waals surface area (Å²) >= 11 is 7.00. The summed E-state index contributed by atoms with van der Waals surface area (Å²) in [5, 5.41) is 28.9. The predicted molar refractivity (Wildman–Crippen MR) is 67.4 cm³/mol. The summed E-state index contributed by atoms with van der Waals surface area (Å²) in [6, 6.07) is 4.49. The first kappa shape index (κ1) is 14.2. The molecule has 5 nitrogen and oxygen atoms in total. The quantitative estimate of drug-likeness (QED) is 0.612. The molecule has 0 heterocycles. The molecule has 0 radical (unpaired) electrons. The highest BCUT2D eigenvalue weighted by molar-refractivity contribution is 7.98. The van der Waals surface area contributed by atoms with Crippen molar-refractivity contribution < 1.29 is 15.1 Å². The van der Waals surface area contributed by atoms with Gasteiger partial charge < -0.3 is 10.2 Å². The molecule has 1 aromatic rings. The number of thioether (sulfide) groups is 1. The molecule has 7 heteroatoms. The maximum atomic E-state index is 10.8. The van der Waals surface area contributed by atoms with Crippen LogP contribution in [0.3, 0.4) is 0 Å². The van der Waals surface area contributed by atoms with Crippen molar-refractivity contribution in [2.75, 3.05) is 12.4 Å². The van der Waals surface area contributed by atoms with E-state index in [1.807, 2.05) is 0 Å². The second-order valence-electron chi connectivity index (χ2n) is 3.38. The third kappa shape index (κ3) is 4.51. The Kier molecular flexibility index (Phi) is 5.70. The van der Waals surface area contributed by atoms with Crippen LogP contribution in [-0.2, 0) is 5.75 Å². The second kappa shape index (κ2) is 6.80. The summed E-state index contributed by atoms with van der Waals surface area (Å²) in [6.45, 7) is -0.310. The molecule has 2 N–H and O–H groups in total. The zero-order chi connectivity index (χ0) is 12.8. The molecule has 0 saturated carbocycles. The molecule has 1 atom stereocenters. The largest absolute Gasteiger partial charge is 0.394 e. The van der Waals surface area contributed by atoms with Gasteiger partial charge in [0.05, 0.1) is 17.6 Å². The zero-order valence-corrected chi connectivity index (χ0v) is 10.4. The van der Waals surface area contributed by atoms with Gasteiger partial charge in [-0.2, -0.15) is 11.8 Å². The molecule has 0 aliphatic heterocycles. The van der Waals surface area contributed by atoms with Crippen LogP contribution in [0.2, 0.25) is 5.02 Å². The highest BCUT2D eigenvalue weighted by atomic mass is 35.5. The Hall–Kier alpha value is -0.820. The molecule has 0 aliphatic carbocycles. The Balaban J connectivity index is 2.67. The molecule has 0 saturated heterocycles. The molecule has 1 rings (SSSR count). The number of rotatable bonds is 6. The first-order chi connectivity index (χ1) is 8.04. The van der Waals surface area contributed by atoms with E-state index in [1.54, 1.807) is 12.1 Å². The van der Waals surface area contributed by atoms with E-state index in [0.29, 0.717) is 22.1 Å². The first-order valence-corrected chi connectivity index (χ1v) is 6.37. The first-order valence-electron chi connectivity index (χ1n) is 4.84. The molecular weight excluding hydrogens is 266 g/mol. The van der Waals surface area contributed by atoms with Gasteiger partial charge in [0.25, 0.3) is 5.69 Å². The number of aliphatic hydroxyl groups excluding tert-OH is 2. The lowest BCUT2D eigenvalue weighted by Gasteiger charge is -2.07. The fourth-order valence-corrected chi connectivity index (χ4v) is 2.31. The van der Waals surface area contributed by atoms with Crippen LogP contribution < -0.4 is 0 Å². The number of nitrogens with zero attached hydrogens (tertiary/aromatic N) is 1. The fraction of sp³-hybridized carbons (Fsp3) is 0.400. The van der Waals surface area contributed by atoms with Crippen molar-refractivity contribution in [3.63, 3.8) is 0 Å². The smallest absolute Gasteiger partial charge is 0.274 e. The highest BCUT2D eigenvalue weighted by Gasteiger charge is 2.14. The minimum absolute atomic E-state index is 0.0245. The third-order valence-electron chi connectivity index (χ3n) is 2.02. The summed E-state index contributed by atoms with van der Waals surface area (Å²) in [7, 11) is 0. The van der Waals surface area contributed by atoms with E-state index < -0.39 is 11.0 Å². The molecule has 0 aliphatic rings. The van der Waals surface area contributed by atoms with E-state index in [1.165, 1.54) is 17.8 Å². The number of benzene rings is 1. The van der Waals surface area contributed by atoms with Crippen LogP contribution in [-0.4, -0.2) is 33.6 Å². The maximum Gasteiger partial charge on any atom is 0.274 e. The SMILES string of the molecule is O=[N+]([O-])c1cc(Cl)ccc1CSCC(O)CO. The molecule has 1 unspecified atom stereocenters. The molecule has 0 bridgehead atoms. The summed E-state index contributed by atoms with van der Waals surface area (Å²) in [5.41, 5.74) is 0.526. The fourth-order valence-electron chi connectivity index (χ4n) is 1.19. The minimum Gasteiger partial charge on any atom is -0.394 e. The number of aliphatic hydroxyl groups is 2. The van der Waals surface area contributed by atoms with Crippen molar-refractivity contribution in [2.24, 2.45) is 0 Å².